The molecule has 0 aliphatic heterocycles. The summed E-state index contributed by atoms with van der Waals surface area (Å²) in [6, 6.07) is 0.260. The van der Waals surface area contributed by atoms with Crippen molar-refractivity contribution in [3.05, 3.63) is 11.6 Å². The molecular weight excluding hydrogens is 170 g/mol. The van der Waals surface area contributed by atoms with Gasteiger partial charge in [-0.2, -0.15) is 0 Å². The molecule has 2 unspecified atom stereocenters. The van der Waals surface area contributed by atoms with Crippen LogP contribution in [0.3, 0.4) is 0 Å². The predicted molar refractivity (Wildman–Crippen MR) is 63.1 cm³/mol. The van der Waals surface area contributed by atoms with Gasteiger partial charge in [-0.3, -0.25) is 0 Å². The van der Waals surface area contributed by atoms with Gasteiger partial charge in [0.1, 0.15) is 0 Å². The van der Waals surface area contributed by atoms with Crippen molar-refractivity contribution in [2.24, 2.45) is 17.1 Å². The second kappa shape index (κ2) is 4.48. The van der Waals surface area contributed by atoms with Crippen molar-refractivity contribution >= 4 is 0 Å². The zero-order valence-corrected chi connectivity index (χ0v) is 10.1. The lowest BCUT2D eigenvalue weighted by Crippen LogP contribution is -2.40. The van der Waals surface area contributed by atoms with Gasteiger partial charge in [0, 0.05) is 6.04 Å². The zero-order chi connectivity index (χ0) is 10.8. The van der Waals surface area contributed by atoms with Gasteiger partial charge in [0.15, 0.2) is 0 Å². The van der Waals surface area contributed by atoms with E-state index < -0.39 is 0 Å². The molecule has 0 aromatic carbocycles. The lowest BCUT2D eigenvalue weighted by Gasteiger charge is -2.41. The first-order chi connectivity index (χ1) is 6.43. The monoisotopic (exact) mass is 195 g/mol. The van der Waals surface area contributed by atoms with E-state index in [0.29, 0.717) is 11.3 Å². The van der Waals surface area contributed by atoms with E-state index >= 15 is 0 Å². The summed E-state index contributed by atoms with van der Waals surface area (Å²) in [7, 11) is 0. The summed E-state index contributed by atoms with van der Waals surface area (Å²) in [6.07, 6.45) is 7.61. The van der Waals surface area contributed by atoms with Gasteiger partial charge in [-0.15, -0.1) is 0 Å². The Morgan fingerprint density at radius 1 is 1.36 bits per heavy atom. The second-order valence-electron chi connectivity index (χ2n) is 5.66. The van der Waals surface area contributed by atoms with Crippen molar-refractivity contribution < 1.29 is 0 Å². The molecule has 1 fully saturated rings. The highest BCUT2D eigenvalue weighted by atomic mass is 14.7. The minimum absolute atomic E-state index is 0.260. The molecule has 1 nitrogen and oxygen atoms in total. The minimum atomic E-state index is 0.260. The van der Waals surface area contributed by atoms with E-state index in [4.69, 9.17) is 5.73 Å². The number of rotatable bonds is 2. The maximum Gasteiger partial charge on any atom is 0.0260 e. The SMILES string of the molecule is CC(C)=CC(N)C1CCCCC1(C)C. The van der Waals surface area contributed by atoms with E-state index in [1.807, 2.05) is 0 Å². The first-order valence-electron chi connectivity index (χ1n) is 5.84. The van der Waals surface area contributed by atoms with Gasteiger partial charge >= 0.3 is 0 Å². The molecule has 1 aliphatic carbocycles. The van der Waals surface area contributed by atoms with Crippen LogP contribution in [0.1, 0.15) is 53.4 Å². The third-order valence-electron chi connectivity index (χ3n) is 3.58. The van der Waals surface area contributed by atoms with E-state index in [1.54, 1.807) is 0 Å². The molecule has 82 valence electrons. The molecule has 0 radical (unpaired) electrons. The molecule has 0 heterocycles. The molecule has 1 saturated carbocycles. The lowest BCUT2D eigenvalue weighted by atomic mass is 9.66. The summed E-state index contributed by atoms with van der Waals surface area (Å²) in [4.78, 5) is 0. The number of hydrogen-bond donors (Lipinski definition) is 1. The van der Waals surface area contributed by atoms with E-state index in [2.05, 4.69) is 33.8 Å². The van der Waals surface area contributed by atoms with Crippen LogP contribution < -0.4 is 5.73 Å². The number of hydrogen-bond acceptors (Lipinski definition) is 1. The Morgan fingerprint density at radius 2 is 2.00 bits per heavy atom. The molecule has 0 aromatic heterocycles. The van der Waals surface area contributed by atoms with E-state index in [0.717, 1.165) is 0 Å². The Hall–Kier alpha value is -0.300. The van der Waals surface area contributed by atoms with Crippen LogP contribution in [0.15, 0.2) is 11.6 Å². The topological polar surface area (TPSA) is 26.0 Å². The largest absolute Gasteiger partial charge is 0.324 e. The van der Waals surface area contributed by atoms with E-state index in [-0.39, 0.29) is 6.04 Å². The molecule has 0 spiro atoms. The fourth-order valence-electron chi connectivity index (χ4n) is 2.74. The summed E-state index contributed by atoms with van der Waals surface area (Å²) in [5.74, 6) is 0.672. The molecule has 1 rings (SSSR count). The Balaban J connectivity index is 2.69. The second-order valence-corrected chi connectivity index (χ2v) is 5.66. The van der Waals surface area contributed by atoms with Crippen molar-refractivity contribution in [1.29, 1.82) is 0 Å². The first kappa shape index (κ1) is 11.8. The van der Waals surface area contributed by atoms with Gasteiger partial charge in [-0.25, -0.2) is 0 Å². The molecule has 0 saturated heterocycles. The van der Waals surface area contributed by atoms with Crippen LogP contribution in [0.25, 0.3) is 0 Å². The number of allylic oxidation sites excluding steroid dienone is 1. The third kappa shape index (κ3) is 2.84. The van der Waals surface area contributed by atoms with Crippen molar-refractivity contribution in [3.8, 4) is 0 Å². The molecule has 0 bridgehead atoms. The van der Waals surface area contributed by atoms with Crippen LogP contribution in [0.4, 0.5) is 0 Å². The summed E-state index contributed by atoms with van der Waals surface area (Å²) >= 11 is 0. The molecular formula is C13H25N. The Morgan fingerprint density at radius 3 is 2.50 bits per heavy atom. The summed E-state index contributed by atoms with van der Waals surface area (Å²) < 4.78 is 0. The van der Waals surface area contributed by atoms with Gasteiger partial charge in [0.25, 0.3) is 0 Å². The standard InChI is InChI=1S/C13H25N/c1-10(2)9-12(14)11-7-5-6-8-13(11,3)4/h9,11-12H,5-8,14H2,1-4H3. The maximum absolute atomic E-state index is 6.25. The van der Waals surface area contributed by atoms with Crippen LogP contribution in [-0.4, -0.2) is 6.04 Å². The average Bonchev–Trinajstić information content (AvgIpc) is 2.01. The first-order valence-corrected chi connectivity index (χ1v) is 5.84. The number of nitrogens with two attached hydrogens (primary N) is 1. The fraction of sp³-hybridized carbons (Fsp3) is 0.846. The van der Waals surface area contributed by atoms with Gasteiger partial charge in [0.2, 0.25) is 0 Å². The van der Waals surface area contributed by atoms with Crippen LogP contribution >= 0.6 is 0 Å². The predicted octanol–water partition coefficient (Wildman–Crippen LogP) is 3.50. The molecule has 2 N–H and O–H groups in total. The fourth-order valence-corrected chi connectivity index (χ4v) is 2.74. The maximum atomic E-state index is 6.25. The normalized spacial score (nSPS) is 28.2. The van der Waals surface area contributed by atoms with Gasteiger partial charge in [-0.05, 0) is 38.0 Å². The minimum Gasteiger partial charge on any atom is -0.324 e. The highest BCUT2D eigenvalue weighted by Gasteiger charge is 2.34. The van der Waals surface area contributed by atoms with Crippen LogP contribution in [-0.2, 0) is 0 Å². The Kier molecular flexibility index (Phi) is 3.77. The molecule has 1 heteroatoms. The summed E-state index contributed by atoms with van der Waals surface area (Å²) in [6.45, 7) is 9.01. The average molecular weight is 195 g/mol. The zero-order valence-electron chi connectivity index (χ0n) is 10.1. The van der Waals surface area contributed by atoms with Crippen LogP contribution in [0.5, 0.6) is 0 Å². The van der Waals surface area contributed by atoms with Crippen molar-refractivity contribution in [1.82, 2.24) is 0 Å². The van der Waals surface area contributed by atoms with E-state index in [9.17, 15) is 0 Å². The van der Waals surface area contributed by atoms with Gasteiger partial charge in [-0.1, -0.05) is 38.3 Å². The van der Waals surface area contributed by atoms with Crippen LogP contribution in [0, 0.1) is 11.3 Å². The molecule has 2 atom stereocenters. The van der Waals surface area contributed by atoms with Gasteiger partial charge < -0.3 is 5.73 Å². The van der Waals surface area contributed by atoms with Crippen molar-refractivity contribution in [3.63, 3.8) is 0 Å². The van der Waals surface area contributed by atoms with E-state index in [1.165, 1.54) is 31.3 Å². The Bertz CT molecular complexity index is 211. The smallest absolute Gasteiger partial charge is 0.0260 e. The van der Waals surface area contributed by atoms with Crippen molar-refractivity contribution in [2.45, 2.75) is 59.4 Å². The highest BCUT2D eigenvalue weighted by Crippen LogP contribution is 2.42. The van der Waals surface area contributed by atoms with Crippen LogP contribution in [0.2, 0.25) is 0 Å². The quantitative estimate of drug-likeness (QED) is 0.671. The molecule has 1 aliphatic rings. The third-order valence-corrected chi connectivity index (χ3v) is 3.58. The molecule has 0 aromatic rings. The summed E-state index contributed by atoms with van der Waals surface area (Å²) in [5, 5.41) is 0. The highest BCUT2D eigenvalue weighted by molar-refractivity contribution is 5.05. The van der Waals surface area contributed by atoms with Crippen molar-refractivity contribution in [2.75, 3.05) is 0 Å². The van der Waals surface area contributed by atoms with Gasteiger partial charge in [0.05, 0.1) is 0 Å². The molecule has 14 heavy (non-hydrogen) atoms. The summed E-state index contributed by atoms with van der Waals surface area (Å²) in [5.41, 5.74) is 8.03. The lowest BCUT2D eigenvalue weighted by molar-refractivity contribution is 0.126. The molecule has 0 amide bonds. The Labute approximate surface area is 88.8 Å².